The van der Waals surface area contributed by atoms with Gasteiger partial charge in [-0.2, -0.15) is 0 Å². The average Bonchev–Trinajstić information content (AvgIpc) is 2.63. The van der Waals surface area contributed by atoms with Crippen molar-refractivity contribution >= 4 is 0 Å². The van der Waals surface area contributed by atoms with Crippen molar-refractivity contribution in [3.8, 4) is 0 Å². The summed E-state index contributed by atoms with van der Waals surface area (Å²) in [6, 6.07) is 0. The van der Waals surface area contributed by atoms with E-state index in [1.165, 1.54) is 19.4 Å². The molecule has 4 saturated carbocycles. The molecule has 1 nitrogen and oxygen atoms in total. The molecule has 0 atom stereocenters. The van der Waals surface area contributed by atoms with Gasteiger partial charge in [-0.05, 0) is 75.2 Å². The Labute approximate surface area is 86.6 Å². The lowest BCUT2D eigenvalue weighted by Gasteiger charge is -2.60. The van der Waals surface area contributed by atoms with Gasteiger partial charge in [0.15, 0.2) is 0 Å². The van der Waals surface area contributed by atoms with Gasteiger partial charge in [-0.3, -0.25) is 0 Å². The number of nitrogens with one attached hydrogen (secondary N) is 1. The molecular formula is C13H21N. The Morgan fingerprint density at radius 1 is 0.857 bits per heavy atom. The van der Waals surface area contributed by atoms with Crippen molar-refractivity contribution < 1.29 is 0 Å². The topological polar surface area (TPSA) is 12.0 Å². The van der Waals surface area contributed by atoms with E-state index in [1.54, 1.807) is 32.1 Å². The fourth-order valence-corrected chi connectivity index (χ4v) is 5.51. The highest BCUT2D eigenvalue weighted by Gasteiger charge is 2.57. The van der Waals surface area contributed by atoms with Crippen LogP contribution in [-0.4, -0.2) is 12.1 Å². The van der Waals surface area contributed by atoms with E-state index >= 15 is 0 Å². The van der Waals surface area contributed by atoms with Crippen LogP contribution in [0.3, 0.4) is 0 Å². The minimum atomic E-state index is 0.646. The molecule has 4 bridgehead atoms. The Bertz CT molecular complexity index is 222. The van der Waals surface area contributed by atoms with Crippen LogP contribution >= 0.6 is 0 Å². The van der Waals surface area contributed by atoms with Crippen LogP contribution in [0.4, 0.5) is 0 Å². The number of hydrogen-bond donors (Lipinski definition) is 1. The molecule has 0 amide bonds. The Hall–Kier alpha value is -0.0400. The van der Waals surface area contributed by atoms with Gasteiger partial charge in [0.1, 0.15) is 0 Å². The van der Waals surface area contributed by atoms with Crippen LogP contribution < -0.4 is 5.32 Å². The smallest absolute Gasteiger partial charge is 0.0238 e. The lowest BCUT2D eigenvalue weighted by molar-refractivity contribution is -0.0649. The molecule has 4 aliphatic carbocycles. The third-order valence-electron chi connectivity index (χ3n) is 5.82. The van der Waals surface area contributed by atoms with E-state index in [1.807, 2.05) is 0 Å². The van der Waals surface area contributed by atoms with Gasteiger partial charge >= 0.3 is 0 Å². The third kappa shape index (κ3) is 0.856. The lowest BCUT2D eigenvalue weighted by Crippen LogP contribution is -2.62. The summed E-state index contributed by atoms with van der Waals surface area (Å²) in [6.45, 7) is 1.31. The predicted octanol–water partition coefficient (Wildman–Crippen LogP) is 2.56. The molecule has 1 heterocycles. The van der Waals surface area contributed by atoms with Crippen molar-refractivity contribution in [1.29, 1.82) is 0 Å². The minimum absolute atomic E-state index is 0.646. The summed E-state index contributed by atoms with van der Waals surface area (Å²) in [4.78, 5) is 0. The first-order valence-corrected chi connectivity index (χ1v) is 6.62. The van der Waals surface area contributed by atoms with E-state index in [9.17, 15) is 0 Å². The summed E-state index contributed by atoms with van der Waals surface area (Å²) in [5.41, 5.74) is 0.646. The number of rotatable bonds is 0. The fraction of sp³-hybridized carbons (Fsp3) is 1.00. The van der Waals surface area contributed by atoms with Crippen LogP contribution in [0, 0.1) is 23.7 Å². The predicted molar refractivity (Wildman–Crippen MR) is 57.0 cm³/mol. The van der Waals surface area contributed by atoms with E-state index in [-0.39, 0.29) is 0 Å². The first-order valence-electron chi connectivity index (χ1n) is 6.62. The summed E-state index contributed by atoms with van der Waals surface area (Å²) >= 11 is 0. The van der Waals surface area contributed by atoms with Crippen LogP contribution in [0.1, 0.15) is 44.9 Å². The highest BCUT2D eigenvalue weighted by Crippen LogP contribution is 2.60. The molecule has 1 N–H and O–H groups in total. The third-order valence-corrected chi connectivity index (χ3v) is 5.82. The van der Waals surface area contributed by atoms with Gasteiger partial charge in [0.05, 0.1) is 0 Å². The molecule has 5 fully saturated rings. The van der Waals surface area contributed by atoms with Gasteiger partial charge in [-0.15, -0.1) is 0 Å². The molecular weight excluding hydrogens is 170 g/mol. The van der Waals surface area contributed by atoms with Gasteiger partial charge in [-0.25, -0.2) is 0 Å². The van der Waals surface area contributed by atoms with Gasteiger partial charge in [0.25, 0.3) is 0 Å². The Balaban J connectivity index is 1.73. The zero-order valence-corrected chi connectivity index (χ0v) is 8.97. The average molecular weight is 191 g/mol. The van der Waals surface area contributed by atoms with Crippen molar-refractivity contribution in [1.82, 2.24) is 5.32 Å². The maximum absolute atomic E-state index is 3.92. The molecule has 1 saturated heterocycles. The zero-order valence-electron chi connectivity index (χ0n) is 8.97. The van der Waals surface area contributed by atoms with E-state index in [0.717, 1.165) is 23.7 Å². The van der Waals surface area contributed by atoms with Crippen molar-refractivity contribution in [2.75, 3.05) is 6.54 Å². The van der Waals surface area contributed by atoms with Gasteiger partial charge in [0, 0.05) is 5.54 Å². The van der Waals surface area contributed by atoms with Crippen LogP contribution in [0.15, 0.2) is 0 Å². The standard InChI is InChI=1S/C13H21N/c1-2-13(14-3-1)11-5-9-4-10(7-11)8-12(13)6-9/h9-12,14H,1-8H2. The molecule has 1 spiro atoms. The van der Waals surface area contributed by atoms with Crippen molar-refractivity contribution in [3.63, 3.8) is 0 Å². The van der Waals surface area contributed by atoms with Crippen molar-refractivity contribution in [2.45, 2.75) is 50.5 Å². The highest BCUT2D eigenvalue weighted by molar-refractivity contribution is 5.12. The second-order valence-corrected chi connectivity index (χ2v) is 6.38. The summed E-state index contributed by atoms with van der Waals surface area (Å²) in [5.74, 6) is 4.40. The summed E-state index contributed by atoms with van der Waals surface area (Å²) in [6.07, 6.45) is 10.8. The first-order chi connectivity index (χ1) is 6.87. The quantitative estimate of drug-likeness (QED) is 0.620. The molecule has 1 aliphatic heterocycles. The van der Waals surface area contributed by atoms with Crippen LogP contribution in [0.5, 0.6) is 0 Å². The summed E-state index contributed by atoms with van der Waals surface area (Å²) in [5, 5.41) is 3.92. The summed E-state index contributed by atoms with van der Waals surface area (Å²) < 4.78 is 0. The van der Waals surface area contributed by atoms with Crippen molar-refractivity contribution in [3.05, 3.63) is 0 Å². The maximum Gasteiger partial charge on any atom is 0.0238 e. The monoisotopic (exact) mass is 191 g/mol. The second-order valence-electron chi connectivity index (χ2n) is 6.38. The normalized spacial score (nSPS) is 60.0. The largest absolute Gasteiger partial charge is 0.311 e. The van der Waals surface area contributed by atoms with Gasteiger partial charge < -0.3 is 5.32 Å². The molecule has 0 aromatic heterocycles. The molecule has 78 valence electrons. The Morgan fingerprint density at radius 3 is 2.00 bits per heavy atom. The maximum atomic E-state index is 3.92. The second kappa shape index (κ2) is 2.55. The SMILES string of the molecule is C1CNC2(C1)C1CC3CC(C1)CC2C3. The van der Waals surface area contributed by atoms with E-state index in [4.69, 9.17) is 0 Å². The molecule has 5 aliphatic rings. The van der Waals surface area contributed by atoms with Crippen LogP contribution in [-0.2, 0) is 0 Å². The molecule has 1 heteroatoms. The molecule has 0 unspecified atom stereocenters. The minimum Gasteiger partial charge on any atom is -0.311 e. The Kier molecular flexibility index (Phi) is 1.49. The molecule has 0 radical (unpaired) electrons. The molecule has 5 rings (SSSR count). The lowest BCUT2D eigenvalue weighted by atomic mass is 9.48. The fourth-order valence-electron chi connectivity index (χ4n) is 5.51. The van der Waals surface area contributed by atoms with E-state index < -0.39 is 0 Å². The molecule has 0 aromatic rings. The van der Waals surface area contributed by atoms with Gasteiger partial charge in [0.2, 0.25) is 0 Å². The van der Waals surface area contributed by atoms with E-state index in [0.29, 0.717) is 5.54 Å². The zero-order chi connectivity index (χ0) is 9.17. The molecule has 14 heavy (non-hydrogen) atoms. The van der Waals surface area contributed by atoms with Crippen LogP contribution in [0.25, 0.3) is 0 Å². The van der Waals surface area contributed by atoms with Crippen LogP contribution in [0.2, 0.25) is 0 Å². The summed E-state index contributed by atoms with van der Waals surface area (Å²) in [7, 11) is 0. The van der Waals surface area contributed by atoms with Gasteiger partial charge in [-0.1, -0.05) is 0 Å². The Morgan fingerprint density at radius 2 is 1.50 bits per heavy atom. The number of hydrogen-bond acceptors (Lipinski definition) is 1. The first kappa shape index (κ1) is 8.15. The van der Waals surface area contributed by atoms with Crippen molar-refractivity contribution in [2.24, 2.45) is 23.7 Å². The van der Waals surface area contributed by atoms with E-state index in [2.05, 4.69) is 5.32 Å². The molecule has 0 aromatic carbocycles. The highest BCUT2D eigenvalue weighted by atomic mass is 15.0.